The zero-order chi connectivity index (χ0) is 9.73. The summed E-state index contributed by atoms with van der Waals surface area (Å²) in [6.07, 6.45) is 1.85. The van der Waals surface area contributed by atoms with Crippen LogP contribution in [0.4, 0.5) is 0 Å². The summed E-state index contributed by atoms with van der Waals surface area (Å²) in [5.41, 5.74) is -0.684. The predicted molar refractivity (Wildman–Crippen MR) is 57.3 cm³/mol. The molecule has 0 spiro atoms. The van der Waals surface area contributed by atoms with Crippen LogP contribution in [0.15, 0.2) is 41.4 Å². The van der Waals surface area contributed by atoms with Gasteiger partial charge >= 0.3 is 85.4 Å². The van der Waals surface area contributed by atoms with Gasteiger partial charge in [-0.2, -0.15) is 0 Å². The summed E-state index contributed by atoms with van der Waals surface area (Å²) in [6.45, 7) is 3.56. The van der Waals surface area contributed by atoms with Crippen LogP contribution < -0.4 is 4.46 Å². The Labute approximate surface area is 85.6 Å². The van der Waals surface area contributed by atoms with Crippen LogP contribution in [-0.2, 0) is 0 Å². The van der Waals surface area contributed by atoms with Crippen molar-refractivity contribution in [1.82, 2.24) is 0 Å². The van der Waals surface area contributed by atoms with Crippen molar-refractivity contribution in [1.29, 1.82) is 0 Å². The van der Waals surface area contributed by atoms with Crippen LogP contribution in [0.25, 0.3) is 0 Å². The van der Waals surface area contributed by atoms with Gasteiger partial charge in [0, 0.05) is 0 Å². The van der Waals surface area contributed by atoms with E-state index in [-0.39, 0.29) is 0 Å². The predicted octanol–water partition coefficient (Wildman–Crippen LogP) is 1.30. The zero-order valence-corrected chi connectivity index (χ0v) is 9.61. The fourth-order valence-electron chi connectivity index (χ4n) is 0.778. The molecule has 0 unspecified atom stereocenters. The first-order chi connectivity index (χ1) is 6.08. The fourth-order valence-corrected chi connectivity index (χ4v) is 2.61. The second kappa shape index (κ2) is 4.61. The molecular formula is C11H14OSe. The molecule has 1 nitrogen and oxygen atoms in total. The van der Waals surface area contributed by atoms with Gasteiger partial charge in [-0.3, -0.25) is 0 Å². The molecule has 0 heterocycles. The molecule has 0 fully saturated rings. The molecular weight excluding hydrogens is 227 g/mol. The molecule has 1 aromatic rings. The zero-order valence-electron chi connectivity index (χ0n) is 7.90. The van der Waals surface area contributed by atoms with Crippen molar-refractivity contribution in [2.75, 3.05) is 0 Å². The van der Waals surface area contributed by atoms with Gasteiger partial charge in [-0.25, -0.2) is 0 Å². The van der Waals surface area contributed by atoms with E-state index >= 15 is 0 Å². The van der Waals surface area contributed by atoms with E-state index in [0.29, 0.717) is 15.0 Å². The van der Waals surface area contributed by atoms with Crippen molar-refractivity contribution in [2.24, 2.45) is 0 Å². The second-order valence-electron chi connectivity index (χ2n) is 3.39. The van der Waals surface area contributed by atoms with E-state index < -0.39 is 5.60 Å². The van der Waals surface area contributed by atoms with Gasteiger partial charge in [0.25, 0.3) is 0 Å². The molecule has 0 atom stereocenters. The summed E-state index contributed by atoms with van der Waals surface area (Å²) >= 11 is 0.335. The fraction of sp³-hybridized carbons (Fsp3) is 0.273. The van der Waals surface area contributed by atoms with E-state index in [9.17, 15) is 5.11 Å². The van der Waals surface area contributed by atoms with E-state index in [1.54, 1.807) is 13.8 Å². The molecule has 2 heteroatoms. The normalized spacial score (nSPS) is 12.2. The molecule has 13 heavy (non-hydrogen) atoms. The number of hydrogen-bond donors (Lipinski definition) is 1. The molecule has 1 rings (SSSR count). The number of aliphatic hydroxyl groups is 1. The van der Waals surface area contributed by atoms with Gasteiger partial charge in [0.1, 0.15) is 0 Å². The average molecular weight is 241 g/mol. The van der Waals surface area contributed by atoms with Gasteiger partial charge in [0.2, 0.25) is 0 Å². The third kappa shape index (κ3) is 4.89. The Morgan fingerprint density at radius 3 is 2.38 bits per heavy atom. The van der Waals surface area contributed by atoms with Crippen molar-refractivity contribution in [3.8, 4) is 0 Å². The Kier molecular flexibility index (Phi) is 3.73. The summed E-state index contributed by atoms with van der Waals surface area (Å²) in [4.78, 5) is 2.06. The second-order valence-corrected chi connectivity index (χ2v) is 5.44. The van der Waals surface area contributed by atoms with E-state index in [2.05, 4.69) is 17.1 Å². The summed E-state index contributed by atoms with van der Waals surface area (Å²) < 4.78 is 1.33. The number of benzene rings is 1. The van der Waals surface area contributed by atoms with Crippen LogP contribution in [0.5, 0.6) is 0 Å². The molecule has 0 saturated heterocycles. The van der Waals surface area contributed by atoms with Gasteiger partial charge in [0.15, 0.2) is 0 Å². The van der Waals surface area contributed by atoms with Crippen molar-refractivity contribution in [3.63, 3.8) is 0 Å². The Balaban J connectivity index is 2.49. The SMILES string of the molecule is CC(C)(O)/C=C\[Se]c1ccccc1. The van der Waals surface area contributed by atoms with Crippen molar-refractivity contribution >= 4 is 19.4 Å². The van der Waals surface area contributed by atoms with Crippen LogP contribution >= 0.6 is 0 Å². The van der Waals surface area contributed by atoms with Crippen molar-refractivity contribution < 1.29 is 5.11 Å². The average Bonchev–Trinajstić information content (AvgIpc) is 2.04. The van der Waals surface area contributed by atoms with E-state index in [1.807, 2.05) is 24.3 Å². The Morgan fingerprint density at radius 1 is 1.23 bits per heavy atom. The van der Waals surface area contributed by atoms with Crippen molar-refractivity contribution in [2.45, 2.75) is 19.4 Å². The minimum atomic E-state index is -0.684. The maximum absolute atomic E-state index is 9.42. The monoisotopic (exact) mass is 242 g/mol. The third-order valence-corrected chi connectivity index (χ3v) is 3.14. The quantitative estimate of drug-likeness (QED) is 0.791. The Bertz CT molecular complexity index is 272. The van der Waals surface area contributed by atoms with E-state index in [4.69, 9.17) is 0 Å². The minimum absolute atomic E-state index is 0.335. The van der Waals surface area contributed by atoms with Crippen LogP contribution in [0.3, 0.4) is 0 Å². The molecule has 0 aliphatic heterocycles. The van der Waals surface area contributed by atoms with E-state index in [0.717, 1.165) is 0 Å². The molecule has 1 N–H and O–H groups in total. The Hall–Kier alpha value is -0.561. The first-order valence-electron chi connectivity index (χ1n) is 4.20. The molecule has 70 valence electrons. The van der Waals surface area contributed by atoms with Crippen LogP contribution in [0, 0.1) is 0 Å². The molecule has 0 aromatic heterocycles. The van der Waals surface area contributed by atoms with Crippen LogP contribution in [0.2, 0.25) is 0 Å². The molecule has 0 bridgehead atoms. The summed E-state index contributed by atoms with van der Waals surface area (Å²) in [5, 5.41) is 9.42. The van der Waals surface area contributed by atoms with Gasteiger partial charge < -0.3 is 0 Å². The molecule has 0 radical (unpaired) electrons. The third-order valence-electron chi connectivity index (χ3n) is 1.42. The van der Waals surface area contributed by atoms with Crippen LogP contribution in [-0.4, -0.2) is 25.7 Å². The van der Waals surface area contributed by atoms with Gasteiger partial charge in [0.05, 0.1) is 0 Å². The number of hydrogen-bond acceptors (Lipinski definition) is 1. The Morgan fingerprint density at radius 2 is 1.85 bits per heavy atom. The topological polar surface area (TPSA) is 20.2 Å². The standard InChI is InChI=1S/C11H14OSe/c1-11(2,12)8-9-13-10-6-4-3-5-7-10/h3-9,12H,1-2H3/b9-8-. The molecule has 0 aliphatic rings. The molecule has 0 amide bonds. The summed E-state index contributed by atoms with van der Waals surface area (Å²) in [7, 11) is 0. The summed E-state index contributed by atoms with van der Waals surface area (Å²) in [6, 6.07) is 10.3. The summed E-state index contributed by atoms with van der Waals surface area (Å²) in [5.74, 6) is 0. The maximum atomic E-state index is 9.42. The molecule has 0 aliphatic carbocycles. The van der Waals surface area contributed by atoms with Gasteiger partial charge in [-0.1, -0.05) is 0 Å². The van der Waals surface area contributed by atoms with Gasteiger partial charge in [-0.05, 0) is 0 Å². The van der Waals surface area contributed by atoms with Gasteiger partial charge in [-0.15, -0.1) is 0 Å². The first kappa shape index (κ1) is 10.5. The van der Waals surface area contributed by atoms with Crippen molar-refractivity contribution in [3.05, 3.63) is 41.4 Å². The molecule has 1 aromatic carbocycles. The van der Waals surface area contributed by atoms with Crippen LogP contribution in [0.1, 0.15) is 13.8 Å². The molecule has 0 saturated carbocycles. The number of rotatable bonds is 3. The first-order valence-corrected chi connectivity index (χ1v) is 6.04. The van der Waals surface area contributed by atoms with E-state index in [1.165, 1.54) is 4.46 Å².